The Bertz CT molecular complexity index is 742. The van der Waals surface area contributed by atoms with Crippen LogP contribution >= 0.6 is 11.6 Å². The van der Waals surface area contributed by atoms with E-state index in [0.29, 0.717) is 23.7 Å². The van der Waals surface area contributed by atoms with Crippen molar-refractivity contribution >= 4 is 29.2 Å². The number of carboxylic acid groups (broad SMARTS) is 1. The minimum atomic E-state index is -1.00. The van der Waals surface area contributed by atoms with Gasteiger partial charge in [-0.05, 0) is 35.4 Å². The highest BCUT2D eigenvalue weighted by Crippen LogP contribution is 2.31. The van der Waals surface area contributed by atoms with E-state index in [9.17, 15) is 9.59 Å². The predicted molar refractivity (Wildman–Crippen MR) is 79.7 cm³/mol. The number of fused-ring (bicyclic) bond motifs is 1. The van der Waals surface area contributed by atoms with E-state index in [-0.39, 0.29) is 11.5 Å². The van der Waals surface area contributed by atoms with Crippen LogP contribution in [0.5, 0.6) is 0 Å². The average Bonchev–Trinajstić information content (AvgIpc) is 2.74. The summed E-state index contributed by atoms with van der Waals surface area (Å²) in [6.45, 7) is 0.384. The molecule has 0 unspecified atom stereocenters. The molecule has 0 radical (unpaired) electrons. The van der Waals surface area contributed by atoms with Crippen molar-refractivity contribution < 1.29 is 14.7 Å². The van der Waals surface area contributed by atoms with E-state index in [2.05, 4.69) is 0 Å². The number of benzene rings is 2. The highest BCUT2D eigenvalue weighted by Gasteiger charge is 2.28. The van der Waals surface area contributed by atoms with Crippen LogP contribution in [0.2, 0.25) is 5.02 Å². The zero-order chi connectivity index (χ0) is 15.0. The third-order valence-electron chi connectivity index (χ3n) is 3.50. The molecule has 2 aromatic carbocycles. The largest absolute Gasteiger partial charge is 0.478 e. The van der Waals surface area contributed by atoms with Crippen molar-refractivity contribution in [1.29, 1.82) is 0 Å². The van der Waals surface area contributed by atoms with Crippen molar-refractivity contribution in [1.82, 2.24) is 0 Å². The highest BCUT2D eigenvalue weighted by molar-refractivity contribution is 6.30. The number of aromatic carboxylic acids is 1. The fourth-order valence-corrected chi connectivity index (χ4v) is 2.69. The lowest BCUT2D eigenvalue weighted by atomic mass is 10.1. The van der Waals surface area contributed by atoms with Gasteiger partial charge in [0.1, 0.15) is 0 Å². The van der Waals surface area contributed by atoms with Crippen molar-refractivity contribution in [2.45, 2.75) is 13.0 Å². The molecular formula is C16H12ClNO3. The molecule has 0 saturated heterocycles. The summed E-state index contributed by atoms with van der Waals surface area (Å²) >= 11 is 5.95. The number of nitrogens with zero attached hydrogens (tertiary/aromatic N) is 1. The SMILES string of the molecule is O=C(O)c1ccc2c(c1)N(Cc1cccc(Cl)c1)C(=O)C2. The van der Waals surface area contributed by atoms with Gasteiger partial charge in [-0.15, -0.1) is 0 Å². The lowest BCUT2D eigenvalue weighted by Crippen LogP contribution is -2.26. The van der Waals surface area contributed by atoms with Crippen LogP contribution < -0.4 is 4.90 Å². The maximum atomic E-state index is 12.1. The highest BCUT2D eigenvalue weighted by atomic mass is 35.5. The Hall–Kier alpha value is -2.33. The topological polar surface area (TPSA) is 57.6 Å². The molecular weight excluding hydrogens is 290 g/mol. The molecule has 0 spiro atoms. The first-order valence-corrected chi connectivity index (χ1v) is 6.83. The first-order valence-electron chi connectivity index (χ1n) is 6.45. The molecule has 1 aliphatic heterocycles. The fourth-order valence-electron chi connectivity index (χ4n) is 2.48. The maximum absolute atomic E-state index is 12.1. The zero-order valence-corrected chi connectivity index (χ0v) is 11.8. The van der Waals surface area contributed by atoms with Crippen LogP contribution in [0.15, 0.2) is 42.5 Å². The second-order valence-electron chi connectivity index (χ2n) is 4.94. The Labute approximate surface area is 126 Å². The lowest BCUT2D eigenvalue weighted by molar-refractivity contribution is -0.117. The Kier molecular flexibility index (Phi) is 3.39. The molecule has 1 N–H and O–H groups in total. The molecule has 4 nitrogen and oxygen atoms in total. The number of amides is 1. The quantitative estimate of drug-likeness (QED) is 0.947. The first kappa shape index (κ1) is 13.6. The Morgan fingerprint density at radius 2 is 2.05 bits per heavy atom. The molecule has 0 fully saturated rings. The van der Waals surface area contributed by atoms with Crippen LogP contribution in [-0.2, 0) is 17.8 Å². The summed E-state index contributed by atoms with van der Waals surface area (Å²) in [4.78, 5) is 24.8. The third kappa shape index (κ3) is 2.62. The summed E-state index contributed by atoms with van der Waals surface area (Å²) < 4.78 is 0. The van der Waals surface area contributed by atoms with Crippen LogP contribution in [-0.4, -0.2) is 17.0 Å². The van der Waals surface area contributed by atoms with E-state index >= 15 is 0 Å². The third-order valence-corrected chi connectivity index (χ3v) is 3.73. The van der Waals surface area contributed by atoms with Gasteiger partial charge in [-0.3, -0.25) is 4.79 Å². The minimum absolute atomic E-state index is 0.0347. The van der Waals surface area contributed by atoms with Crippen molar-refractivity contribution in [3.05, 3.63) is 64.2 Å². The van der Waals surface area contributed by atoms with Crippen LogP contribution in [0, 0.1) is 0 Å². The Morgan fingerprint density at radius 1 is 1.24 bits per heavy atom. The smallest absolute Gasteiger partial charge is 0.335 e. The maximum Gasteiger partial charge on any atom is 0.335 e. The Balaban J connectivity index is 1.96. The van der Waals surface area contributed by atoms with Crippen LogP contribution in [0.1, 0.15) is 21.5 Å². The molecule has 0 aromatic heterocycles. The van der Waals surface area contributed by atoms with Gasteiger partial charge in [0.05, 0.1) is 18.5 Å². The predicted octanol–water partition coefficient (Wildman–Crippen LogP) is 3.13. The van der Waals surface area contributed by atoms with Gasteiger partial charge in [-0.2, -0.15) is 0 Å². The molecule has 0 aliphatic carbocycles. The molecule has 0 atom stereocenters. The lowest BCUT2D eigenvalue weighted by Gasteiger charge is -2.18. The molecule has 21 heavy (non-hydrogen) atoms. The van der Waals surface area contributed by atoms with Crippen molar-refractivity contribution in [2.24, 2.45) is 0 Å². The van der Waals surface area contributed by atoms with E-state index in [0.717, 1.165) is 11.1 Å². The number of halogens is 1. The van der Waals surface area contributed by atoms with Crippen LogP contribution in [0.4, 0.5) is 5.69 Å². The normalized spacial score (nSPS) is 13.4. The van der Waals surface area contributed by atoms with Gasteiger partial charge in [0, 0.05) is 10.7 Å². The van der Waals surface area contributed by atoms with Crippen molar-refractivity contribution in [3.8, 4) is 0 Å². The van der Waals surface area contributed by atoms with Crippen LogP contribution in [0.25, 0.3) is 0 Å². The van der Waals surface area contributed by atoms with Crippen molar-refractivity contribution in [3.63, 3.8) is 0 Å². The summed E-state index contributed by atoms with van der Waals surface area (Å²) in [5, 5.41) is 9.68. The molecule has 5 heteroatoms. The van der Waals surface area contributed by atoms with E-state index in [4.69, 9.17) is 16.7 Å². The average molecular weight is 302 g/mol. The summed E-state index contributed by atoms with van der Waals surface area (Å²) in [6.07, 6.45) is 0.301. The second-order valence-corrected chi connectivity index (χ2v) is 5.37. The molecule has 1 heterocycles. The van der Waals surface area contributed by atoms with Gasteiger partial charge in [-0.1, -0.05) is 29.8 Å². The number of hydrogen-bond donors (Lipinski definition) is 1. The summed E-state index contributed by atoms with van der Waals surface area (Å²) in [6, 6.07) is 12.1. The van der Waals surface area contributed by atoms with Gasteiger partial charge in [0.25, 0.3) is 0 Å². The molecule has 0 bridgehead atoms. The molecule has 0 saturated carbocycles. The van der Waals surface area contributed by atoms with Gasteiger partial charge in [0.15, 0.2) is 0 Å². The molecule has 1 aliphatic rings. The van der Waals surface area contributed by atoms with Gasteiger partial charge >= 0.3 is 5.97 Å². The number of hydrogen-bond acceptors (Lipinski definition) is 2. The van der Waals surface area contributed by atoms with Crippen molar-refractivity contribution in [2.75, 3.05) is 4.90 Å². The molecule has 1 amide bonds. The number of carboxylic acids is 1. The van der Waals surface area contributed by atoms with Crippen LogP contribution in [0.3, 0.4) is 0 Å². The molecule has 106 valence electrons. The number of carbonyl (C=O) groups excluding carboxylic acids is 1. The number of anilines is 1. The first-order chi connectivity index (χ1) is 10.0. The monoisotopic (exact) mass is 301 g/mol. The number of rotatable bonds is 3. The summed E-state index contributed by atoms with van der Waals surface area (Å²) in [5.74, 6) is -1.03. The number of carbonyl (C=O) groups is 2. The van der Waals surface area contributed by atoms with E-state index in [1.165, 1.54) is 6.07 Å². The summed E-state index contributed by atoms with van der Waals surface area (Å²) in [7, 11) is 0. The van der Waals surface area contributed by atoms with Gasteiger partial charge in [0.2, 0.25) is 5.91 Å². The second kappa shape index (κ2) is 5.22. The minimum Gasteiger partial charge on any atom is -0.478 e. The Morgan fingerprint density at radius 3 is 2.76 bits per heavy atom. The molecule has 2 aromatic rings. The molecule has 3 rings (SSSR count). The van der Waals surface area contributed by atoms with E-state index in [1.807, 2.05) is 12.1 Å². The summed E-state index contributed by atoms with van der Waals surface area (Å²) in [5.41, 5.74) is 2.61. The van der Waals surface area contributed by atoms with Gasteiger partial charge in [-0.25, -0.2) is 4.79 Å². The zero-order valence-electron chi connectivity index (χ0n) is 11.0. The standard InChI is InChI=1S/C16H12ClNO3/c17-13-3-1-2-10(6-13)9-18-14-7-12(16(20)21)5-4-11(14)8-15(18)19/h1-7H,8-9H2,(H,20,21). The van der Waals surface area contributed by atoms with E-state index in [1.54, 1.807) is 29.2 Å². The van der Waals surface area contributed by atoms with E-state index < -0.39 is 5.97 Å². The fraction of sp³-hybridized carbons (Fsp3) is 0.125. The van der Waals surface area contributed by atoms with Gasteiger partial charge < -0.3 is 10.0 Å².